The average Bonchev–Trinajstić information content (AvgIpc) is 2.79. The van der Waals surface area contributed by atoms with Gasteiger partial charge < -0.3 is 20.1 Å². The fourth-order valence-electron chi connectivity index (χ4n) is 2.05. The topological polar surface area (TPSA) is 57.4 Å². The smallest absolute Gasteiger partial charge is 0.0949 e. The van der Waals surface area contributed by atoms with E-state index in [1.807, 2.05) is 16.8 Å². The maximum absolute atomic E-state index is 9.52. The third-order valence-corrected chi connectivity index (χ3v) is 3.04. The number of fused-ring (bicyclic) bond motifs is 1. The summed E-state index contributed by atoms with van der Waals surface area (Å²) in [6.07, 6.45) is 1.23. The third kappa shape index (κ3) is 2.90. The van der Waals surface area contributed by atoms with E-state index in [9.17, 15) is 5.11 Å². The molecule has 1 heterocycles. The molecule has 0 aliphatic heterocycles. The van der Waals surface area contributed by atoms with Crippen molar-refractivity contribution in [1.82, 2.24) is 9.88 Å². The molecule has 0 saturated carbocycles. The second kappa shape index (κ2) is 6.00. The van der Waals surface area contributed by atoms with E-state index in [4.69, 9.17) is 5.11 Å². The van der Waals surface area contributed by atoms with Gasteiger partial charge in [-0.3, -0.25) is 0 Å². The summed E-state index contributed by atoms with van der Waals surface area (Å²) in [5.41, 5.74) is 2.32. The zero-order valence-corrected chi connectivity index (χ0v) is 10.6. The molecule has 4 heteroatoms. The predicted octanol–water partition coefficient (Wildman–Crippen LogP) is 1.10. The number of rotatable bonds is 6. The number of aromatic nitrogens is 1. The standard InChI is InChI=1S/C14H20N2O2/c1-2-15-8-11-3-4-12-5-6-16(14(12)7-11)9-13(18)10-17/h3-7,13,15,17-18H,2,8-10H2,1H3. The van der Waals surface area contributed by atoms with Crippen molar-refractivity contribution in [2.45, 2.75) is 26.1 Å². The first kappa shape index (κ1) is 13.1. The Morgan fingerprint density at radius 2 is 2.17 bits per heavy atom. The van der Waals surface area contributed by atoms with Gasteiger partial charge >= 0.3 is 0 Å². The van der Waals surface area contributed by atoms with Gasteiger partial charge in [-0.2, -0.15) is 0 Å². The van der Waals surface area contributed by atoms with E-state index in [1.54, 1.807) is 0 Å². The largest absolute Gasteiger partial charge is 0.394 e. The molecule has 1 aromatic heterocycles. The van der Waals surface area contributed by atoms with E-state index < -0.39 is 6.10 Å². The molecule has 4 nitrogen and oxygen atoms in total. The molecular weight excluding hydrogens is 228 g/mol. The summed E-state index contributed by atoms with van der Waals surface area (Å²) in [4.78, 5) is 0. The number of nitrogens with zero attached hydrogens (tertiary/aromatic N) is 1. The van der Waals surface area contributed by atoms with Crippen LogP contribution in [-0.2, 0) is 13.1 Å². The molecular formula is C14H20N2O2. The first-order chi connectivity index (χ1) is 8.74. The summed E-state index contributed by atoms with van der Waals surface area (Å²) in [5, 5.41) is 22.9. The van der Waals surface area contributed by atoms with Crippen LogP contribution in [0, 0.1) is 0 Å². The van der Waals surface area contributed by atoms with Crippen LogP contribution < -0.4 is 5.32 Å². The van der Waals surface area contributed by atoms with Crippen LogP contribution in [0.2, 0.25) is 0 Å². The van der Waals surface area contributed by atoms with Crippen molar-refractivity contribution in [2.24, 2.45) is 0 Å². The Kier molecular flexibility index (Phi) is 4.36. The first-order valence-electron chi connectivity index (χ1n) is 6.32. The lowest BCUT2D eigenvalue weighted by Crippen LogP contribution is -2.19. The lowest BCUT2D eigenvalue weighted by molar-refractivity contribution is 0.0822. The third-order valence-electron chi connectivity index (χ3n) is 3.04. The molecule has 2 aromatic rings. The van der Waals surface area contributed by atoms with Gasteiger partial charge in [0.05, 0.1) is 19.3 Å². The summed E-state index contributed by atoms with van der Waals surface area (Å²) in [6.45, 7) is 4.09. The molecule has 0 amide bonds. The fraction of sp³-hybridized carbons (Fsp3) is 0.429. The summed E-state index contributed by atoms with van der Waals surface area (Å²) in [6, 6.07) is 8.35. The summed E-state index contributed by atoms with van der Waals surface area (Å²) in [5.74, 6) is 0. The van der Waals surface area contributed by atoms with Crippen molar-refractivity contribution in [1.29, 1.82) is 0 Å². The number of benzene rings is 1. The molecule has 0 bridgehead atoms. The molecule has 0 aliphatic carbocycles. The number of hydrogen-bond donors (Lipinski definition) is 3. The van der Waals surface area contributed by atoms with Gasteiger partial charge in [-0.1, -0.05) is 19.1 Å². The summed E-state index contributed by atoms with van der Waals surface area (Å²) < 4.78 is 1.98. The molecule has 1 unspecified atom stereocenters. The van der Waals surface area contributed by atoms with Gasteiger partial charge in [0.25, 0.3) is 0 Å². The minimum atomic E-state index is -0.710. The van der Waals surface area contributed by atoms with Gasteiger partial charge in [0.1, 0.15) is 0 Å². The Hall–Kier alpha value is -1.36. The van der Waals surface area contributed by atoms with E-state index in [0.717, 1.165) is 24.0 Å². The average molecular weight is 248 g/mol. The van der Waals surface area contributed by atoms with E-state index in [0.29, 0.717) is 6.54 Å². The van der Waals surface area contributed by atoms with Gasteiger partial charge in [-0.05, 0) is 29.6 Å². The van der Waals surface area contributed by atoms with Crippen molar-refractivity contribution < 1.29 is 10.2 Å². The van der Waals surface area contributed by atoms with Gasteiger partial charge in [0, 0.05) is 18.3 Å². The molecule has 98 valence electrons. The van der Waals surface area contributed by atoms with Gasteiger partial charge in [0.2, 0.25) is 0 Å². The number of hydrogen-bond acceptors (Lipinski definition) is 3. The van der Waals surface area contributed by atoms with Gasteiger partial charge in [0.15, 0.2) is 0 Å². The SMILES string of the molecule is CCNCc1ccc2ccn(CC(O)CO)c2c1. The molecule has 1 atom stereocenters. The Balaban J connectivity index is 2.25. The normalized spacial score (nSPS) is 13.1. The second-order valence-electron chi connectivity index (χ2n) is 4.48. The second-order valence-corrected chi connectivity index (χ2v) is 4.48. The fourth-order valence-corrected chi connectivity index (χ4v) is 2.05. The maximum atomic E-state index is 9.52. The van der Waals surface area contributed by atoms with Crippen molar-refractivity contribution in [3.8, 4) is 0 Å². The highest BCUT2D eigenvalue weighted by molar-refractivity contribution is 5.80. The highest BCUT2D eigenvalue weighted by atomic mass is 16.3. The molecule has 3 N–H and O–H groups in total. The van der Waals surface area contributed by atoms with Gasteiger partial charge in [-0.15, -0.1) is 0 Å². The van der Waals surface area contributed by atoms with E-state index in [-0.39, 0.29) is 6.61 Å². The van der Waals surface area contributed by atoms with Crippen molar-refractivity contribution >= 4 is 10.9 Å². The molecule has 0 saturated heterocycles. The quantitative estimate of drug-likeness (QED) is 0.717. The zero-order valence-electron chi connectivity index (χ0n) is 10.6. The van der Waals surface area contributed by atoms with Crippen LogP contribution >= 0.6 is 0 Å². The summed E-state index contributed by atoms with van der Waals surface area (Å²) >= 11 is 0. The monoisotopic (exact) mass is 248 g/mol. The number of aliphatic hydroxyl groups is 2. The molecule has 1 aromatic carbocycles. The molecule has 0 spiro atoms. The Labute approximate surface area is 107 Å². The predicted molar refractivity (Wildman–Crippen MR) is 72.4 cm³/mol. The van der Waals surface area contributed by atoms with Gasteiger partial charge in [-0.25, -0.2) is 0 Å². The molecule has 18 heavy (non-hydrogen) atoms. The van der Waals surface area contributed by atoms with Crippen LogP contribution in [-0.4, -0.2) is 34.0 Å². The van der Waals surface area contributed by atoms with E-state index in [1.165, 1.54) is 5.56 Å². The Bertz CT molecular complexity index is 507. The Morgan fingerprint density at radius 3 is 2.89 bits per heavy atom. The molecule has 0 fully saturated rings. The van der Waals surface area contributed by atoms with Crippen LogP contribution in [0.5, 0.6) is 0 Å². The van der Waals surface area contributed by atoms with Crippen LogP contribution in [0.4, 0.5) is 0 Å². The first-order valence-corrected chi connectivity index (χ1v) is 6.32. The lowest BCUT2D eigenvalue weighted by atomic mass is 10.1. The number of aliphatic hydroxyl groups excluding tert-OH is 2. The van der Waals surface area contributed by atoms with Crippen molar-refractivity contribution in [2.75, 3.05) is 13.2 Å². The summed E-state index contributed by atoms with van der Waals surface area (Å²) in [7, 11) is 0. The number of nitrogens with one attached hydrogen (secondary N) is 1. The van der Waals surface area contributed by atoms with Crippen LogP contribution in [0.3, 0.4) is 0 Å². The molecule has 0 radical (unpaired) electrons. The van der Waals surface area contributed by atoms with E-state index in [2.05, 4.69) is 30.4 Å². The molecule has 2 rings (SSSR count). The minimum absolute atomic E-state index is 0.212. The highest BCUT2D eigenvalue weighted by Gasteiger charge is 2.07. The van der Waals surface area contributed by atoms with Crippen LogP contribution in [0.25, 0.3) is 10.9 Å². The van der Waals surface area contributed by atoms with Crippen molar-refractivity contribution in [3.63, 3.8) is 0 Å². The maximum Gasteiger partial charge on any atom is 0.0949 e. The van der Waals surface area contributed by atoms with Crippen LogP contribution in [0.1, 0.15) is 12.5 Å². The lowest BCUT2D eigenvalue weighted by Gasteiger charge is -2.10. The molecule has 0 aliphatic rings. The highest BCUT2D eigenvalue weighted by Crippen LogP contribution is 2.18. The Morgan fingerprint density at radius 1 is 1.33 bits per heavy atom. The van der Waals surface area contributed by atoms with Crippen molar-refractivity contribution in [3.05, 3.63) is 36.0 Å². The van der Waals surface area contributed by atoms with Crippen LogP contribution in [0.15, 0.2) is 30.5 Å². The zero-order chi connectivity index (χ0) is 13.0. The minimum Gasteiger partial charge on any atom is -0.394 e. The van der Waals surface area contributed by atoms with E-state index >= 15 is 0 Å².